The molecule has 8 nitrogen and oxygen atoms in total. The predicted molar refractivity (Wildman–Crippen MR) is 93.8 cm³/mol. The minimum atomic E-state index is -1.02. The molecule has 5 N–H and O–H groups in total. The lowest BCUT2D eigenvalue weighted by Gasteiger charge is -2.05. The first kappa shape index (κ1) is 21.7. The van der Waals surface area contributed by atoms with Crippen LogP contribution in [0.3, 0.4) is 0 Å². The molecule has 1 aromatic carbocycles. The highest BCUT2D eigenvalue weighted by Crippen LogP contribution is 2.12. The van der Waals surface area contributed by atoms with Crippen LogP contribution in [0.25, 0.3) is 0 Å². The molecule has 0 saturated carbocycles. The molecule has 0 aliphatic heterocycles. The Morgan fingerprint density at radius 2 is 1.28 bits per heavy atom. The Morgan fingerprint density at radius 1 is 0.920 bits per heavy atom. The Morgan fingerprint density at radius 3 is 1.56 bits per heavy atom. The van der Waals surface area contributed by atoms with Gasteiger partial charge in [-0.3, -0.25) is 0 Å². The Labute approximate surface area is 145 Å². The fraction of sp³-hybridized carbons (Fsp3) is 0.235. The normalized spacial score (nSPS) is 9.20. The number of aromatic carboxylic acids is 1. The summed E-state index contributed by atoms with van der Waals surface area (Å²) >= 11 is 0. The van der Waals surface area contributed by atoms with Gasteiger partial charge in [0.25, 0.3) is 0 Å². The number of ether oxygens (including phenoxy) is 2. The second-order valence-electron chi connectivity index (χ2n) is 5.03. The quantitative estimate of drug-likeness (QED) is 0.305. The van der Waals surface area contributed by atoms with E-state index in [1.807, 2.05) is 0 Å². The summed E-state index contributed by atoms with van der Waals surface area (Å²) in [6, 6.07) is 4.23. The van der Waals surface area contributed by atoms with E-state index in [2.05, 4.69) is 22.6 Å². The third kappa shape index (κ3) is 9.44. The van der Waals surface area contributed by atoms with Gasteiger partial charge in [-0.05, 0) is 32.0 Å². The number of hydrogen-bond donors (Lipinski definition) is 3. The molecule has 0 aromatic heterocycles. The molecule has 0 radical (unpaired) electrons. The van der Waals surface area contributed by atoms with Crippen LogP contribution in [0.4, 0.5) is 11.4 Å². The topological polar surface area (TPSA) is 142 Å². The number of carbonyl (C=O) groups is 3. The first-order chi connectivity index (χ1) is 11.5. The van der Waals surface area contributed by atoms with E-state index in [1.54, 1.807) is 13.8 Å². The number of nitrogen functional groups attached to an aromatic ring is 2. The minimum absolute atomic E-state index is 0.0325. The molecule has 0 atom stereocenters. The van der Waals surface area contributed by atoms with Crippen LogP contribution in [0.2, 0.25) is 0 Å². The van der Waals surface area contributed by atoms with Gasteiger partial charge >= 0.3 is 17.9 Å². The average Bonchev–Trinajstić information content (AvgIpc) is 2.50. The van der Waals surface area contributed by atoms with Crippen LogP contribution in [0, 0.1) is 0 Å². The maximum absolute atomic E-state index is 10.8. The Hall–Kier alpha value is -3.29. The van der Waals surface area contributed by atoms with Crippen LogP contribution in [-0.2, 0) is 19.1 Å². The van der Waals surface area contributed by atoms with Gasteiger partial charge in [0.05, 0.1) is 5.56 Å². The number of benzene rings is 1. The lowest BCUT2D eigenvalue weighted by atomic mass is 10.2. The van der Waals surface area contributed by atoms with Crippen LogP contribution < -0.4 is 11.5 Å². The fourth-order valence-electron chi connectivity index (χ4n) is 1.32. The van der Waals surface area contributed by atoms with Crippen molar-refractivity contribution in [2.45, 2.75) is 13.8 Å². The van der Waals surface area contributed by atoms with E-state index in [9.17, 15) is 14.4 Å². The molecule has 0 aliphatic carbocycles. The Kier molecular flexibility index (Phi) is 9.10. The zero-order valence-corrected chi connectivity index (χ0v) is 14.2. The Bertz CT molecular complexity index is 633. The third-order valence-electron chi connectivity index (χ3n) is 2.47. The van der Waals surface area contributed by atoms with E-state index in [0.717, 1.165) is 0 Å². The molecule has 0 saturated heterocycles. The average molecular weight is 350 g/mol. The van der Waals surface area contributed by atoms with E-state index in [0.29, 0.717) is 22.5 Å². The van der Waals surface area contributed by atoms with E-state index in [1.165, 1.54) is 18.2 Å². The number of rotatable bonds is 6. The van der Waals surface area contributed by atoms with Gasteiger partial charge in [-0.1, -0.05) is 13.2 Å². The number of carbonyl (C=O) groups excluding carboxylic acids is 2. The second-order valence-corrected chi connectivity index (χ2v) is 5.03. The maximum Gasteiger partial charge on any atom is 0.335 e. The van der Waals surface area contributed by atoms with Crippen molar-refractivity contribution in [3.63, 3.8) is 0 Å². The first-order valence-corrected chi connectivity index (χ1v) is 7.09. The van der Waals surface area contributed by atoms with Crippen LogP contribution in [-0.4, -0.2) is 36.2 Å². The van der Waals surface area contributed by atoms with Crippen molar-refractivity contribution in [3.8, 4) is 0 Å². The van der Waals surface area contributed by atoms with Gasteiger partial charge in [-0.15, -0.1) is 0 Å². The van der Waals surface area contributed by atoms with E-state index >= 15 is 0 Å². The van der Waals surface area contributed by atoms with Crippen molar-refractivity contribution < 1.29 is 29.0 Å². The zero-order chi connectivity index (χ0) is 19.6. The highest BCUT2D eigenvalue weighted by atomic mass is 16.6. The number of nitrogens with two attached hydrogens (primary N) is 2. The van der Waals surface area contributed by atoms with Gasteiger partial charge in [0, 0.05) is 22.5 Å². The number of carboxylic acid groups (broad SMARTS) is 1. The molecular weight excluding hydrogens is 328 g/mol. The molecule has 136 valence electrons. The van der Waals surface area contributed by atoms with Gasteiger partial charge in [0.15, 0.2) is 0 Å². The maximum atomic E-state index is 10.8. The standard InChI is InChI=1S/C10H14O4.C7H8N2O2/c1-7(2)9(11)13-5-6-14-10(12)8(3)4;8-5-1-4(7(10)11)2-6(9)3-5/h1,3,5-6H2,2,4H3;1-3H,8-9H2,(H,10,11). The molecule has 1 aromatic rings. The number of hydrogen-bond acceptors (Lipinski definition) is 7. The summed E-state index contributed by atoms with van der Waals surface area (Å²) in [6.07, 6.45) is 0. The summed E-state index contributed by atoms with van der Waals surface area (Å²) in [6.45, 7) is 9.95. The molecule has 0 aliphatic rings. The molecule has 25 heavy (non-hydrogen) atoms. The van der Waals surface area contributed by atoms with Gasteiger partial charge in [0.2, 0.25) is 0 Å². The predicted octanol–water partition coefficient (Wildman–Crippen LogP) is 1.77. The summed E-state index contributed by atoms with van der Waals surface area (Å²) in [5.41, 5.74) is 12.2. The van der Waals surface area contributed by atoms with Crippen molar-refractivity contribution in [1.29, 1.82) is 0 Å². The summed E-state index contributed by atoms with van der Waals surface area (Å²) in [5.74, 6) is -2.00. The van der Waals surface area contributed by atoms with Crippen LogP contribution in [0.15, 0.2) is 42.5 Å². The van der Waals surface area contributed by atoms with E-state index in [-0.39, 0.29) is 18.8 Å². The van der Waals surface area contributed by atoms with Crippen molar-refractivity contribution in [2.24, 2.45) is 0 Å². The number of carboxylic acids is 1. The summed E-state index contributed by atoms with van der Waals surface area (Å²) in [4.78, 5) is 32.1. The van der Waals surface area contributed by atoms with E-state index < -0.39 is 17.9 Å². The summed E-state index contributed by atoms with van der Waals surface area (Å²) < 4.78 is 9.38. The highest BCUT2D eigenvalue weighted by molar-refractivity contribution is 5.90. The van der Waals surface area contributed by atoms with Crippen LogP contribution in [0.5, 0.6) is 0 Å². The Balaban J connectivity index is 0.000000472. The van der Waals surface area contributed by atoms with E-state index in [4.69, 9.17) is 16.6 Å². The minimum Gasteiger partial charge on any atom is -0.478 e. The molecule has 0 spiro atoms. The van der Waals surface area contributed by atoms with Crippen molar-refractivity contribution in [3.05, 3.63) is 48.1 Å². The highest BCUT2D eigenvalue weighted by Gasteiger charge is 2.05. The second kappa shape index (κ2) is 10.5. The van der Waals surface area contributed by atoms with Crippen LogP contribution >= 0.6 is 0 Å². The van der Waals surface area contributed by atoms with Gasteiger partial charge in [-0.25, -0.2) is 14.4 Å². The SMILES string of the molecule is C=C(C)C(=O)OCCOC(=O)C(=C)C.Nc1cc(N)cc(C(=O)O)c1. The number of esters is 2. The molecule has 0 heterocycles. The molecule has 0 amide bonds. The lowest BCUT2D eigenvalue weighted by Crippen LogP contribution is -2.14. The van der Waals surface area contributed by atoms with Crippen molar-refractivity contribution in [1.82, 2.24) is 0 Å². The lowest BCUT2D eigenvalue weighted by molar-refractivity contribution is -0.147. The molecule has 0 unspecified atom stereocenters. The van der Waals surface area contributed by atoms with Gasteiger partial charge < -0.3 is 26.0 Å². The largest absolute Gasteiger partial charge is 0.478 e. The first-order valence-electron chi connectivity index (χ1n) is 7.09. The molecular formula is C17H22N2O6. The van der Waals surface area contributed by atoms with Crippen molar-refractivity contribution >= 4 is 29.3 Å². The van der Waals surface area contributed by atoms with Crippen molar-refractivity contribution in [2.75, 3.05) is 24.7 Å². The summed E-state index contributed by atoms with van der Waals surface area (Å²) in [5, 5.41) is 8.52. The van der Waals surface area contributed by atoms with Gasteiger partial charge in [-0.2, -0.15) is 0 Å². The third-order valence-corrected chi connectivity index (χ3v) is 2.47. The van der Waals surface area contributed by atoms with Gasteiger partial charge in [0.1, 0.15) is 13.2 Å². The zero-order valence-electron chi connectivity index (χ0n) is 14.2. The molecule has 1 rings (SSSR count). The monoisotopic (exact) mass is 350 g/mol. The fourth-order valence-corrected chi connectivity index (χ4v) is 1.32. The van der Waals surface area contributed by atoms with Crippen LogP contribution in [0.1, 0.15) is 24.2 Å². The summed E-state index contributed by atoms with van der Waals surface area (Å²) in [7, 11) is 0. The molecule has 0 fully saturated rings. The molecule has 8 heteroatoms. The smallest absolute Gasteiger partial charge is 0.335 e. The molecule has 0 bridgehead atoms. The number of anilines is 2.